The molecule has 0 spiro atoms. The van der Waals surface area contributed by atoms with Gasteiger partial charge in [-0.15, -0.1) is 0 Å². The monoisotopic (exact) mass is 235 g/mol. The molecule has 1 aromatic rings. The first-order valence-electron chi connectivity index (χ1n) is 6.06. The number of benzene rings is 1. The fourth-order valence-corrected chi connectivity index (χ4v) is 2.01. The summed E-state index contributed by atoms with van der Waals surface area (Å²) in [7, 11) is 0. The smallest absolute Gasteiger partial charge is 0.123 e. The number of piperidine rings is 1. The minimum Gasteiger partial charge on any atom is -0.393 e. The molecule has 0 radical (unpaired) electrons. The quantitative estimate of drug-likeness (QED) is 0.869. The maximum absolute atomic E-state index is 12.7. The van der Waals surface area contributed by atoms with Crippen LogP contribution in [-0.4, -0.2) is 35.7 Å². The van der Waals surface area contributed by atoms with E-state index >= 15 is 0 Å². The molecule has 92 valence electrons. The van der Waals surface area contributed by atoms with E-state index in [9.17, 15) is 9.50 Å². The molecule has 2 nitrogen and oxygen atoms in total. The highest BCUT2D eigenvalue weighted by molar-refractivity contribution is 5.48. The Morgan fingerprint density at radius 1 is 1.24 bits per heavy atom. The Balaban J connectivity index is 1.79. The topological polar surface area (TPSA) is 23.5 Å². The standard InChI is InChI=1S/C14H18FNO/c15-13-5-3-12(4-6-13)2-1-9-16-10-7-14(17)8-11-16/h1-6,14,17H,7-11H2/b2-1+. The summed E-state index contributed by atoms with van der Waals surface area (Å²) in [6.07, 6.45) is 5.71. The summed E-state index contributed by atoms with van der Waals surface area (Å²) in [4.78, 5) is 2.31. The highest BCUT2D eigenvalue weighted by Gasteiger charge is 2.15. The molecule has 0 saturated carbocycles. The predicted molar refractivity (Wildman–Crippen MR) is 67.1 cm³/mol. The third-order valence-electron chi connectivity index (χ3n) is 3.10. The Morgan fingerprint density at radius 2 is 1.88 bits per heavy atom. The number of hydrogen-bond acceptors (Lipinski definition) is 2. The SMILES string of the molecule is OC1CCN(C/C=C/c2ccc(F)cc2)CC1. The maximum Gasteiger partial charge on any atom is 0.123 e. The van der Waals surface area contributed by atoms with Crippen LogP contribution in [0.25, 0.3) is 6.08 Å². The summed E-state index contributed by atoms with van der Waals surface area (Å²) in [6, 6.07) is 6.48. The van der Waals surface area contributed by atoms with Crippen molar-refractivity contribution in [2.24, 2.45) is 0 Å². The van der Waals surface area contributed by atoms with Crippen LogP contribution in [0.15, 0.2) is 30.3 Å². The van der Waals surface area contributed by atoms with Crippen molar-refractivity contribution in [1.29, 1.82) is 0 Å². The molecule has 1 aliphatic heterocycles. The van der Waals surface area contributed by atoms with Gasteiger partial charge in [0.2, 0.25) is 0 Å². The Morgan fingerprint density at radius 3 is 2.53 bits per heavy atom. The average Bonchev–Trinajstić information content (AvgIpc) is 2.34. The van der Waals surface area contributed by atoms with Crippen LogP contribution in [0.1, 0.15) is 18.4 Å². The maximum atomic E-state index is 12.7. The van der Waals surface area contributed by atoms with Crippen molar-refractivity contribution in [1.82, 2.24) is 4.90 Å². The van der Waals surface area contributed by atoms with Gasteiger partial charge in [-0.2, -0.15) is 0 Å². The van der Waals surface area contributed by atoms with Crippen LogP contribution >= 0.6 is 0 Å². The highest BCUT2D eigenvalue weighted by atomic mass is 19.1. The van der Waals surface area contributed by atoms with Crippen LogP contribution in [0, 0.1) is 5.82 Å². The molecular formula is C14H18FNO. The lowest BCUT2D eigenvalue weighted by Crippen LogP contribution is -2.35. The molecule has 1 saturated heterocycles. The van der Waals surface area contributed by atoms with E-state index in [-0.39, 0.29) is 11.9 Å². The number of aliphatic hydroxyl groups excluding tert-OH is 1. The van der Waals surface area contributed by atoms with E-state index in [1.54, 1.807) is 12.1 Å². The highest BCUT2D eigenvalue weighted by Crippen LogP contribution is 2.10. The van der Waals surface area contributed by atoms with Crippen LogP contribution < -0.4 is 0 Å². The summed E-state index contributed by atoms with van der Waals surface area (Å²) in [5.41, 5.74) is 1.02. The molecular weight excluding hydrogens is 217 g/mol. The second kappa shape index (κ2) is 5.94. The lowest BCUT2D eigenvalue weighted by molar-refractivity contribution is 0.0881. The number of nitrogens with zero attached hydrogens (tertiary/aromatic N) is 1. The third kappa shape index (κ3) is 3.95. The molecule has 3 heteroatoms. The van der Waals surface area contributed by atoms with E-state index in [1.807, 2.05) is 6.08 Å². The number of hydrogen-bond donors (Lipinski definition) is 1. The fourth-order valence-electron chi connectivity index (χ4n) is 2.01. The number of likely N-dealkylation sites (tertiary alicyclic amines) is 1. The molecule has 1 heterocycles. The van der Waals surface area contributed by atoms with Crippen molar-refractivity contribution in [3.8, 4) is 0 Å². The van der Waals surface area contributed by atoms with Gasteiger partial charge in [0.05, 0.1) is 6.10 Å². The van der Waals surface area contributed by atoms with Gasteiger partial charge in [-0.3, -0.25) is 4.90 Å². The molecule has 1 N–H and O–H groups in total. The van der Waals surface area contributed by atoms with Gasteiger partial charge in [-0.05, 0) is 30.5 Å². The zero-order valence-corrected chi connectivity index (χ0v) is 9.85. The van der Waals surface area contributed by atoms with Crippen LogP contribution in [0.2, 0.25) is 0 Å². The van der Waals surface area contributed by atoms with Gasteiger partial charge in [-0.1, -0.05) is 24.3 Å². The van der Waals surface area contributed by atoms with E-state index < -0.39 is 0 Å². The summed E-state index contributed by atoms with van der Waals surface area (Å²) < 4.78 is 12.7. The summed E-state index contributed by atoms with van der Waals surface area (Å²) in [5.74, 6) is -0.202. The predicted octanol–water partition coefficient (Wildman–Crippen LogP) is 2.30. The summed E-state index contributed by atoms with van der Waals surface area (Å²) in [6.45, 7) is 2.80. The van der Waals surface area contributed by atoms with Crippen LogP contribution in [0.4, 0.5) is 4.39 Å². The Labute approximate surface area is 101 Å². The van der Waals surface area contributed by atoms with Gasteiger partial charge >= 0.3 is 0 Å². The lowest BCUT2D eigenvalue weighted by Gasteiger charge is -2.28. The Hall–Kier alpha value is -1.19. The van der Waals surface area contributed by atoms with E-state index in [0.29, 0.717) is 0 Å². The zero-order valence-electron chi connectivity index (χ0n) is 9.85. The molecule has 0 atom stereocenters. The number of rotatable bonds is 3. The molecule has 0 amide bonds. The normalized spacial score (nSPS) is 18.9. The third-order valence-corrected chi connectivity index (χ3v) is 3.10. The summed E-state index contributed by atoms with van der Waals surface area (Å²) >= 11 is 0. The van der Waals surface area contributed by atoms with Crippen LogP contribution in [0.3, 0.4) is 0 Å². The minimum atomic E-state index is -0.202. The zero-order chi connectivity index (χ0) is 12.1. The van der Waals surface area contributed by atoms with E-state index in [4.69, 9.17) is 0 Å². The lowest BCUT2D eigenvalue weighted by atomic mass is 10.1. The molecule has 0 aromatic heterocycles. The van der Waals surface area contributed by atoms with Crippen molar-refractivity contribution >= 4 is 6.08 Å². The van der Waals surface area contributed by atoms with Crippen molar-refractivity contribution in [2.45, 2.75) is 18.9 Å². The van der Waals surface area contributed by atoms with Crippen molar-refractivity contribution in [3.63, 3.8) is 0 Å². The van der Waals surface area contributed by atoms with Gasteiger partial charge in [0, 0.05) is 19.6 Å². The van der Waals surface area contributed by atoms with Gasteiger partial charge in [0.1, 0.15) is 5.82 Å². The van der Waals surface area contributed by atoms with E-state index in [2.05, 4.69) is 11.0 Å². The molecule has 0 unspecified atom stereocenters. The molecule has 17 heavy (non-hydrogen) atoms. The van der Waals surface area contributed by atoms with Gasteiger partial charge in [0.15, 0.2) is 0 Å². The molecule has 0 aliphatic carbocycles. The van der Waals surface area contributed by atoms with Crippen LogP contribution in [0.5, 0.6) is 0 Å². The second-order valence-electron chi connectivity index (χ2n) is 4.49. The molecule has 2 rings (SSSR count). The Kier molecular flexibility index (Phi) is 4.29. The van der Waals surface area contributed by atoms with Gasteiger partial charge in [-0.25, -0.2) is 4.39 Å². The Bertz CT molecular complexity index is 366. The molecule has 1 aliphatic rings. The average molecular weight is 235 g/mol. The van der Waals surface area contributed by atoms with Crippen molar-refractivity contribution < 1.29 is 9.50 Å². The number of aliphatic hydroxyl groups is 1. The minimum absolute atomic E-state index is 0.118. The first-order chi connectivity index (χ1) is 8.24. The van der Waals surface area contributed by atoms with Crippen LogP contribution in [-0.2, 0) is 0 Å². The largest absolute Gasteiger partial charge is 0.393 e. The van der Waals surface area contributed by atoms with Crippen molar-refractivity contribution in [3.05, 3.63) is 41.7 Å². The van der Waals surface area contributed by atoms with E-state index in [1.165, 1.54) is 12.1 Å². The fraction of sp³-hybridized carbons (Fsp3) is 0.429. The van der Waals surface area contributed by atoms with E-state index in [0.717, 1.165) is 38.0 Å². The summed E-state index contributed by atoms with van der Waals surface area (Å²) in [5, 5.41) is 9.38. The molecule has 1 fully saturated rings. The molecule has 0 bridgehead atoms. The molecule has 1 aromatic carbocycles. The first-order valence-corrected chi connectivity index (χ1v) is 6.06. The van der Waals surface area contributed by atoms with Crippen molar-refractivity contribution in [2.75, 3.05) is 19.6 Å². The van der Waals surface area contributed by atoms with Gasteiger partial charge < -0.3 is 5.11 Å². The number of halogens is 1. The first kappa shape index (κ1) is 12.3. The second-order valence-corrected chi connectivity index (χ2v) is 4.49. The van der Waals surface area contributed by atoms with Gasteiger partial charge in [0.25, 0.3) is 0 Å².